The van der Waals surface area contributed by atoms with E-state index in [1.54, 1.807) is 13.8 Å². The molecule has 4 nitrogen and oxygen atoms in total. The van der Waals surface area contributed by atoms with E-state index in [1.165, 1.54) is 7.11 Å². The first kappa shape index (κ1) is 14.4. The quantitative estimate of drug-likeness (QED) is 0.866. The van der Waals surface area contributed by atoms with Crippen molar-refractivity contribution in [1.29, 1.82) is 0 Å². The molecule has 0 unspecified atom stereocenters. The number of hydrogen-bond acceptors (Lipinski definition) is 3. The highest BCUT2D eigenvalue weighted by molar-refractivity contribution is 5.95. The molecule has 100 valence electrons. The topological polar surface area (TPSA) is 64.3 Å². The van der Waals surface area contributed by atoms with E-state index in [0.717, 1.165) is 12.1 Å². The predicted molar refractivity (Wildman–Crippen MR) is 64.4 cm³/mol. The van der Waals surface area contributed by atoms with E-state index in [9.17, 15) is 13.6 Å². The molecule has 18 heavy (non-hydrogen) atoms. The van der Waals surface area contributed by atoms with Gasteiger partial charge < -0.3 is 15.8 Å². The van der Waals surface area contributed by atoms with Gasteiger partial charge in [0.2, 0.25) is 5.91 Å². The highest BCUT2D eigenvalue weighted by Crippen LogP contribution is 2.26. The number of rotatable bonds is 4. The van der Waals surface area contributed by atoms with Gasteiger partial charge in [0, 0.05) is 18.7 Å². The third-order valence-corrected chi connectivity index (χ3v) is 2.61. The number of halogens is 2. The normalized spacial score (nSPS) is 11.2. The van der Waals surface area contributed by atoms with Crippen LogP contribution in [0.4, 0.5) is 14.5 Å². The van der Waals surface area contributed by atoms with E-state index in [0.29, 0.717) is 0 Å². The van der Waals surface area contributed by atoms with Crippen LogP contribution >= 0.6 is 0 Å². The first-order valence-electron chi connectivity index (χ1n) is 5.36. The van der Waals surface area contributed by atoms with Crippen molar-refractivity contribution in [3.8, 4) is 5.75 Å². The minimum absolute atomic E-state index is 0.0963. The molecule has 1 amide bonds. The summed E-state index contributed by atoms with van der Waals surface area (Å²) in [6.45, 7) is 3.32. The Bertz CT molecular complexity index is 462. The lowest BCUT2D eigenvalue weighted by Crippen LogP contribution is -2.37. The fourth-order valence-electron chi connectivity index (χ4n) is 1.17. The van der Waals surface area contributed by atoms with Crippen LogP contribution < -0.4 is 15.8 Å². The lowest BCUT2D eigenvalue weighted by Gasteiger charge is -2.21. The van der Waals surface area contributed by atoms with Crippen molar-refractivity contribution in [3.05, 3.63) is 23.8 Å². The van der Waals surface area contributed by atoms with E-state index in [-0.39, 0.29) is 18.0 Å². The summed E-state index contributed by atoms with van der Waals surface area (Å²) in [6.07, 6.45) is 0. The lowest BCUT2D eigenvalue weighted by molar-refractivity contribution is -0.123. The van der Waals surface area contributed by atoms with Crippen LogP contribution in [-0.4, -0.2) is 19.6 Å². The number of benzene rings is 1. The van der Waals surface area contributed by atoms with Gasteiger partial charge in [-0.05, 0) is 13.8 Å². The van der Waals surface area contributed by atoms with Crippen molar-refractivity contribution in [3.63, 3.8) is 0 Å². The zero-order chi connectivity index (χ0) is 13.9. The Morgan fingerprint density at radius 3 is 2.50 bits per heavy atom. The Balaban J connectivity index is 2.99. The van der Waals surface area contributed by atoms with Crippen LogP contribution in [0.5, 0.6) is 5.75 Å². The Labute approximate surface area is 104 Å². The molecule has 0 saturated carbocycles. The van der Waals surface area contributed by atoms with Crippen LogP contribution in [0.15, 0.2) is 12.1 Å². The van der Waals surface area contributed by atoms with Crippen molar-refractivity contribution in [2.75, 3.05) is 19.0 Å². The SMILES string of the molecule is COc1cc(F)c(NC(=O)C(C)(C)CN)cc1F. The van der Waals surface area contributed by atoms with Gasteiger partial charge in [-0.25, -0.2) is 8.78 Å². The van der Waals surface area contributed by atoms with Gasteiger partial charge in [-0.1, -0.05) is 0 Å². The number of ether oxygens (including phenoxy) is 1. The molecule has 6 heteroatoms. The summed E-state index contributed by atoms with van der Waals surface area (Å²) in [4.78, 5) is 11.8. The molecule has 1 aromatic carbocycles. The average Bonchev–Trinajstić information content (AvgIpc) is 2.33. The number of anilines is 1. The third kappa shape index (κ3) is 2.95. The van der Waals surface area contributed by atoms with Crippen molar-refractivity contribution in [2.24, 2.45) is 11.1 Å². The number of hydrogen-bond donors (Lipinski definition) is 2. The van der Waals surface area contributed by atoms with Crippen molar-refractivity contribution < 1.29 is 18.3 Å². The summed E-state index contributed by atoms with van der Waals surface area (Å²) >= 11 is 0. The summed E-state index contributed by atoms with van der Waals surface area (Å²) in [5, 5.41) is 2.30. The predicted octanol–water partition coefficient (Wildman–Crippen LogP) is 1.90. The summed E-state index contributed by atoms with van der Waals surface area (Å²) in [7, 11) is 1.23. The van der Waals surface area contributed by atoms with E-state index in [1.807, 2.05) is 0 Å². The minimum Gasteiger partial charge on any atom is -0.494 e. The molecule has 0 aliphatic heterocycles. The molecular formula is C12H16F2N2O2. The molecule has 0 fully saturated rings. The minimum atomic E-state index is -0.858. The zero-order valence-corrected chi connectivity index (χ0v) is 10.5. The fraction of sp³-hybridized carbons (Fsp3) is 0.417. The maximum absolute atomic E-state index is 13.6. The number of carbonyl (C=O) groups is 1. The Hall–Kier alpha value is -1.69. The van der Waals surface area contributed by atoms with Crippen LogP contribution in [0, 0.1) is 17.0 Å². The standard InChI is InChI=1S/C12H16F2N2O2/c1-12(2,6-15)11(17)16-9-4-8(14)10(18-3)5-7(9)13/h4-5H,6,15H2,1-3H3,(H,16,17). The van der Waals surface area contributed by atoms with Gasteiger partial charge in [-0.15, -0.1) is 0 Å². The van der Waals surface area contributed by atoms with E-state index >= 15 is 0 Å². The molecular weight excluding hydrogens is 242 g/mol. The highest BCUT2D eigenvalue weighted by atomic mass is 19.1. The number of methoxy groups -OCH3 is 1. The van der Waals surface area contributed by atoms with Crippen LogP contribution in [-0.2, 0) is 4.79 Å². The Kier molecular flexibility index (Phi) is 4.24. The third-order valence-electron chi connectivity index (χ3n) is 2.61. The number of amides is 1. The van der Waals surface area contributed by atoms with Crippen molar-refractivity contribution in [2.45, 2.75) is 13.8 Å². The monoisotopic (exact) mass is 258 g/mol. The van der Waals surface area contributed by atoms with Crippen LogP contribution in [0.3, 0.4) is 0 Å². The van der Waals surface area contributed by atoms with Gasteiger partial charge >= 0.3 is 0 Å². The van der Waals surface area contributed by atoms with Crippen LogP contribution in [0.2, 0.25) is 0 Å². The second-order valence-corrected chi connectivity index (χ2v) is 4.51. The molecule has 0 spiro atoms. The largest absolute Gasteiger partial charge is 0.494 e. The molecule has 3 N–H and O–H groups in total. The Morgan fingerprint density at radius 2 is 2.00 bits per heavy atom. The maximum Gasteiger partial charge on any atom is 0.231 e. The number of nitrogens with two attached hydrogens (primary N) is 1. The smallest absolute Gasteiger partial charge is 0.231 e. The average molecular weight is 258 g/mol. The van der Waals surface area contributed by atoms with Gasteiger partial charge in [-0.3, -0.25) is 4.79 Å². The van der Waals surface area contributed by atoms with Crippen LogP contribution in [0.1, 0.15) is 13.8 Å². The summed E-state index contributed by atoms with van der Waals surface area (Å²) in [6, 6.07) is 1.75. The van der Waals surface area contributed by atoms with Crippen molar-refractivity contribution >= 4 is 11.6 Å². The molecule has 0 saturated heterocycles. The summed E-state index contributed by atoms with van der Waals surface area (Å²) in [5.74, 6) is -2.22. The first-order valence-corrected chi connectivity index (χ1v) is 5.36. The fourth-order valence-corrected chi connectivity index (χ4v) is 1.17. The maximum atomic E-state index is 13.6. The van der Waals surface area contributed by atoms with Gasteiger partial charge in [0.05, 0.1) is 18.2 Å². The summed E-state index contributed by atoms with van der Waals surface area (Å²) in [5.41, 5.74) is 4.33. The van der Waals surface area contributed by atoms with Gasteiger partial charge in [0.15, 0.2) is 17.4 Å². The molecule has 0 bridgehead atoms. The second kappa shape index (κ2) is 5.30. The molecule has 0 aliphatic rings. The molecule has 0 atom stereocenters. The molecule has 0 heterocycles. The van der Waals surface area contributed by atoms with E-state index in [4.69, 9.17) is 5.73 Å². The number of carbonyl (C=O) groups excluding carboxylic acids is 1. The molecule has 0 aromatic heterocycles. The van der Waals surface area contributed by atoms with Crippen molar-refractivity contribution in [1.82, 2.24) is 0 Å². The molecule has 1 rings (SSSR count). The van der Waals surface area contributed by atoms with E-state index < -0.39 is 23.0 Å². The molecule has 0 aliphatic carbocycles. The molecule has 0 radical (unpaired) electrons. The number of nitrogens with one attached hydrogen (secondary N) is 1. The second-order valence-electron chi connectivity index (χ2n) is 4.51. The van der Waals surface area contributed by atoms with E-state index in [2.05, 4.69) is 10.1 Å². The molecule has 1 aromatic rings. The first-order chi connectivity index (χ1) is 8.31. The lowest BCUT2D eigenvalue weighted by atomic mass is 9.92. The van der Waals surface area contributed by atoms with Crippen LogP contribution in [0.25, 0.3) is 0 Å². The highest BCUT2D eigenvalue weighted by Gasteiger charge is 2.26. The zero-order valence-electron chi connectivity index (χ0n) is 10.5. The van der Waals surface area contributed by atoms with Gasteiger partial charge in [0.25, 0.3) is 0 Å². The van der Waals surface area contributed by atoms with Gasteiger partial charge in [-0.2, -0.15) is 0 Å². The summed E-state index contributed by atoms with van der Waals surface area (Å²) < 4.78 is 31.6. The van der Waals surface area contributed by atoms with Gasteiger partial charge in [0.1, 0.15) is 0 Å². The Morgan fingerprint density at radius 1 is 1.39 bits per heavy atom.